The maximum absolute atomic E-state index is 12.1. The molecule has 6 heteroatoms. The summed E-state index contributed by atoms with van der Waals surface area (Å²) in [5, 5.41) is 4.20. The molecule has 108 valence electrons. The lowest BCUT2D eigenvalue weighted by Crippen LogP contribution is -2.23. The highest BCUT2D eigenvalue weighted by molar-refractivity contribution is 5.98. The van der Waals surface area contributed by atoms with E-state index in [1.54, 1.807) is 10.9 Å². The molecule has 6 nitrogen and oxygen atoms in total. The normalized spacial score (nSPS) is 11.0. The van der Waals surface area contributed by atoms with Gasteiger partial charge in [-0.2, -0.15) is 5.10 Å². The van der Waals surface area contributed by atoms with Gasteiger partial charge in [0.05, 0.1) is 19.9 Å². The minimum atomic E-state index is -0.0958. The first-order valence-electron chi connectivity index (χ1n) is 6.45. The Balaban J connectivity index is 2.77. The average molecular weight is 269 g/mol. The van der Waals surface area contributed by atoms with Crippen LogP contribution in [0.5, 0.6) is 5.75 Å². The number of hydrogen-bond donors (Lipinski definition) is 0. The van der Waals surface area contributed by atoms with Gasteiger partial charge in [0.1, 0.15) is 12.3 Å². The fraction of sp³-hybridized carbons (Fsp3) is 0.692. The van der Waals surface area contributed by atoms with Gasteiger partial charge in [-0.25, -0.2) is 0 Å². The van der Waals surface area contributed by atoms with Crippen molar-refractivity contribution in [2.24, 2.45) is 0 Å². The number of hydrogen-bond acceptors (Lipinski definition) is 5. The van der Waals surface area contributed by atoms with E-state index in [1.807, 2.05) is 25.9 Å². The SMILES string of the molecule is CCCOCC(=O)c1c(OC)cnn1CCN(C)C. The third-order valence-corrected chi connectivity index (χ3v) is 2.63. The van der Waals surface area contributed by atoms with Crippen LogP contribution in [0.15, 0.2) is 6.20 Å². The van der Waals surface area contributed by atoms with E-state index in [0.717, 1.165) is 13.0 Å². The first kappa shape index (κ1) is 15.7. The smallest absolute Gasteiger partial charge is 0.210 e. The zero-order valence-corrected chi connectivity index (χ0v) is 12.2. The van der Waals surface area contributed by atoms with Crippen LogP contribution in [0, 0.1) is 0 Å². The molecule has 0 amide bonds. The first-order valence-corrected chi connectivity index (χ1v) is 6.45. The van der Waals surface area contributed by atoms with E-state index in [1.165, 1.54) is 7.11 Å². The summed E-state index contributed by atoms with van der Waals surface area (Å²) in [5.74, 6) is 0.408. The maximum atomic E-state index is 12.1. The van der Waals surface area contributed by atoms with Gasteiger partial charge in [0, 0.05) is 13.2 Å². The number of nitrogens with zero attached hydrogens (tertiary/aromatic N) is 3. The standard InChI is InChI=1S/C13H23N3O3/c1-5-8-19-10-11(17)13-12(18-4)9-14-16(13)7-6-15(2)3/h9H,5-8,10H2,1-4H3. The molecule has 1 aromatic rings. The van der Waals surface area contributed by atoms with E-state index in [-0.39, 0.29) is 12.4 Å². The highest BCUT2D eigenvalue weighted by Crippen LogP contribution is 2.18. The van der Waals surface area contributed by atoms with Crippen molar-refractivity contribution in [3.63, 3.8) is 0 Å². The van der Waals surface area contributed by atoms with E-state index in [9.17, 15) is 4.79 Å². The molecule has 0 aliphatic rings. The Kier molecular flexibility index (Phi) is 6.52. The number of carbonyl (C=O) groups is 1. The van der Waals surface area contributed by atoms with Crippen molar-refractivity contribution >= 4 is 5.78 Å². The third-order valence-electron chi connectivity index (χ3n) is 2.63. The molecular formula is C13H23N3O3. The van der Waals surface area contributed by atoms with Crippen molar-refractivity contribution < 1.29 is 14.3 Å². The van der Waals surface area contributed by atoms with Gasteiger partial charge in [-0.05, 0) is 20.5 Å². The van der Waals surface area contributed by atoms with E-state index >= 15 is 0 Å². The Bertz CT molecular complexity index is 402. The minimum absolute atomic E-state index is 0.0673. The number of ketones is 1. The average Bonchev–Trinajstić information content (AvgIpc) is 2.79. The van der Waals surface area contributed by atoms with Crippen molar-refractivity contribution in [2.45, 2.75) is 19.9 Å². The van der Waals surface area contributed by atoms with Gasteiger partial charge in [-0.1, -0.05) is 6.92 Å². The van der Waals surface area contributed by atoms with Crippen LogP contribution >= 0.6 is 0 Å². The Morgan fingerprint density at radius 1 is 1.47 bits per heavy atom. The van der Waals surface area contributed by atoms with Gasteiger partial charge < -0.3 is 14.4 Å². The highest BCUT2D eigenvalue weighted by atomic mass is 16.5. The molecule has 1 heterocycles. The van der Waals surface area contributed by atoms with E-state index in [4.69, 9.17) is 9.47 Å². The number of aromatic nitrogens is 2. The number of Topliss-reactive ketones (excluding diaryl/α,β-unsaturated/α-hetero) is 1. The molecule has 0 saturated heterocycles. The second-order valence-corrected chi connectivity index (χ2v) is 4.56. The third kappa shape index (κ3) is 4.65. The van der Waals surface area contributed by atoms with Crippen LogP contribution < -0.4 is 4.74 Å². The van der Waals surface area contributed by atoms with Crippen LogP contribution in [0.1, 0.15) is 23.8 Å². The van der Waals surface area contributed by atoms with E-state index in [2.05, 4.69) is 5.10 Å². The zero-order chi connectivity index (χ0) is 14.3. The molecule has 0 spiro atoms. The molecule has 0 N–H and O–H groups in total. The molecule has 0 bridgehead atoms. The first-order chi connectivity index (χ1) is 9.10. The monoisotopic (exact) mass is 269 g/mol. The highest BCUT2D eigenvalue weighted by Gasteiger charge is 2.19. The van der Waals surface area contributed by atoms with Crippen molar-refractivity contribution in [2.75, 3.05) is 41.0 Å². The number of carbonyl (C=O) groups excluding carboxylic acids is 1. The Morgan fingerprint density at radius 3 is 2.79 bits per heavy atom. The topological polar surface area (TPSA) is 56.6 Å². The number of methoxy groups -OCH3 is 1. The number of rotatable bonds is 9. The molecule has 0 radical (unpaired) electrons. The van der Waals surface area contributed by atoms with Crippen LogP contribution in [-0.4, -0.2) is 61.4 Å². The lowest BCUT2D eigenvalue weighted by atomic mass is 10.2. The van der Waals surface area contributed by atoms with Crippen molar-refractivity contribution in [1.82, 2.24) is 14.7 Å². The van der Waals surface area contributed by atoms with Gasteiger partial charge >= 0.3 is 0 Å². The summed E-state index contributed by atoms with van der Waals surface area (Å²) in [7, 11) is 5.50. The van der Waals surface area contributed by atoms with Gasteiger partial charge in [-0.3, -0.25) is 9.48 Å². The molecule has 0 aliphatic heterocycles. The van der Waals surface area contributed by atoms with Crippen LogP contribution in [0.3, 0.4) is 0 Å². The van der Waals surface area contributed by atoms with Crippen LogP contribution in [0.2, 0.25) is 0 Å². The van der Waals surface area contributed by atoms with Crippen molar-refractivity contribution in [3.8, 4) is 5.75 Å². The molecule has 0 fully saturated rings. The second kappa shape index (κ2) is 7.91. The summed E-state index contributed by atoms with van der Waals surface area (Å²) in [6, 6.07) is 0. The molecule has 0 atom stereocenters. The summed E-state index contributed by atoms with van der Waals surface area (Å²) in [6.07, 6.45) is 2.47. The van der Waals surface area contributed by atoms with Gasteiger partial charge in [-0.15, -0.1) is 0 Å². The summed E-state index contributed by atoms with van der Waals surface area (Å²) < 4.78 is 12.2. The van der Waals surface area contributed by atoms with Gasteiger partial charge in [0.25, 0.3) is 0 Å². The number of likely N-dealkylation sites (N-methyl/N-ethyl adjacent to an activating group) is 1. The van der Waals surface area contributed by atoms with Crippen LogP contribution in [-0.2, 0) is 11.3 Å². The minimum Gasteiger partial charge on any atom is -0.493 e. The zero-order valence-electron chi connectivity index (χ0n) is 12.2. The summed E-state index contributed by atoms with van der Waals surface area (Å²) in [4.78, 5) is 14.2. The summed E-state index contributed by atoms with van der Waals surface area (Å²) >= 11 is 0. The molecule has 0 saturated carbocycles. The van der Waals surface area contributed by atoms with Crippen LogP contribution in [0.25, 0.3) is 0 Å². The van der Waals surface area contributed by atoms with E-state index < -0.39 is 0 Å². The second-order valence-electron chi connectivity index (χ2n) is 4.56. The fourth-order valence-corrected chi connectivity index (χ4v) is 1.64. The molecule has 0 unspecified atom stereocenters. The van der Waals surface area contributed by atoms with Crippen LogP contribution in [0.4, 0.5) is 0 Å². The van der Waals surface area contributed by atoms with Crippen molar-refractivity contribution in [1.29, 1.82) is 0 Å². The predicted octanol–water partition coefficient (Wildman–Crippen LogP) is 1.06. The predicted molar refractivity (Wildman–Crippen MR) is 72.8 cm³/mol. The summed E-state index contributed by atoms with van der Waals surface area (Å²) in [5.41, 5.74) is 0.487. The molecular weight excluding hydrogens is 246 g/mol. The van der Waals surface area contributed by atoms with Gasteiger partial charge in [0.2, 0.25) is 5.78 Å². The molecule has 19 heavy (non-hydrogen) atoms. The quantitative estimate of drug-likeness (QED) is 0.495. The fourth-order valence-electron chi connectivity index (χ4n) is 1.64. The summed E-state index contributed by atoms with van der Waals surface area (Å²) in [6.45, 7) is 4.11. The Hall–Kier alpha value is -1.40. The number of ether oxygens (including phenoxy) is 2. The molecule has 1 aromatic heterocycles. The Labute approximate surface area is 114 Å². The Morgan fingerprint density at radius 2 is 2.21 bits per heavy atom. The maximum Gasteiger partial charge on any atom is 0.210 e. The van der Waals surface area contributed by atoms with E-state index in [0.29, 0.717) is 24.6 Å². The lowest BCUT2D eigenvalue weighted by Gasteiger charge is -2.12. The molecule has 0 aliphatic carbocycles. The lowest BCUT2D eigenvalue weighted by molar-refractivity contribution is 0.0747. The van der Waals surface area contributed by atoms with Crippen molar-refractivity contribution in [3.05, 3.63) is 11.9 Å². The van der Waals surface area contributed by atoms with Gasteiger partial charge in [0.15, 0.2) is 5.75 Å². The largest absolute Gasteiger partial charge is 0.493 e. The molecule has 0 aromatic carbocycles. The molecule has 1 rings (SSSR count).